The van der Waals surface area contributed by atoms with E-state index in [0.29, 0.717) is 0 Å². The van der Waals surface area contributed by atoms with E-state index in [1.165, 1.54) is 96.3 Å². The van der Waals surface area contributed by atoms with Crippen molar-refractivity contribution < 1.29 is 33.8 Å². The molecule has 0 unspecified atom stereocenters. The largest absolute Gasteiger partial charge is 0.340 e. The zero-order valence-corrected chi connectivity index (χ0v) is 81.0. The number of piperidine rings is 5. The van der Waals surface area contributed by atoms with Gasteiger partial charge in [0.05, 0.1) is 30.5 Å². The van der Waals surface area contributed by atoms with E-state index in [-0.39, 0.29) is 128 Å². The number of hydrogen-bond donors (Lipinski definition) is 0. The van der Waals surface area contributed by atoms with Gasteiger partial charge in [0.1, 0.15) is 0 Å². The maximum Gasteiger partial charge on any atom is 0.232 e. The highest BCUT2D eigenvalue weighted by Crippen LogP contribution is 2.50. The average molecular weight is 1670 g/mol. The van der Waals surface area contributed by atoms with E-state index in [1.54, 1.807) is 13.8 Å². The number of carbonyl (C=O) groups is 2. The van der Waals surface area contributed by atoms with Gasteiger partial charge in [0, 0.05) is 132 Å². The fourth-order valence-corrected chi connectivity index (χ4v) is 25.8. The lowest BCUT2D eigenvalue weighted by Crippen LogP contribution is -2.65. The first-order valence-corrected chi connectivity index (χ1v) is 50.0. The van der Waals surface area contributed by atoms with Crippen molar-refractivity contribution in [1.29, 1.82) is 0 Å². The lowest BCUT2D eigenvalue weighted by atomic mass is 9.78. The van der Waals surface area contributed by atoms with E-state index in [2.05, 4.69) is 195 Å². The molecule has 5 aliphatic carbocycles. The monoisotopic (exact) mass is 1660 g/mol. The van der Waals surface area contributed by atoms with Crippen molar-refractivity contribution in [3.05, 3.63) is 0 Å². The third-order valence-corrected chi connectivity index (χ3v) is 30.4. The molecule has 0 spiro atoms. The van der Waals surface area contributed by atoms with Gasteiger partial charge in [-0.1, -0.05) is 142 Å². The lowest BCUT2D eigenvalue weighted by molar-refractivity contribution is -0.313. The van der Waals surface area contributed by atoms with Crippen molar-refractivity contribution in [2.45, 2.75) is 571 Å². The number of unbranched alkanes of at least 4 members (excludes halogenated alkanes) is 8. The van der Waals surface area contributed by atoms with Gasteiger partial charge in [-0.3, -0.25) is 33.8 Å². The molecule has 0 N–H and O–H groups in total. The number of hydroxylamine groups is 10. The van der Waals surface area contributed by atoms with Gasteiger partial charge in [0.15, 0.2) is 0 Å². The number of nitrogens with zero attached hydrogens (tertiary/aromatic N) is 13. The van der Waals surface area contributed by atoms with E-state index < -0.39 is 0 Å². The van der Waals surface area contributed by atoms with E-state index in [4.69, 9.17) is 39.1 Å². The van der Waals surface area contributed by atoms with E-state index in [1.807, 2.05) is 0 Å². The summed E-state index contributed by atoms with van der Waals surface area (Å²) in [6, 6.07) is 0.643. The molecule has 5 saturated carbocycles. The quantitative estimate of drug-likeness (QED) is 0.0585. The minimum absolute atomic E-state index is 0.0979. The topological polar surface area (TPSA) is 151 Å². The van der Waals surface area contributed by atoms with Gasteiger partial charge in [-0.25, -0.2) is 0 Å². The summed E-state index contributed by atoms with van der Waals surface area (Å²) in [5.41, 5.74) is -2.57. The number of rotatable bonds is 36. The van der Waals surface area contributed by atoms with Crippen LogP contribution < -0.4 is 14.7 Å². The molecule has 11 rings (SSSR count). The van der Waals surface area contributed by atoms with Crippen LogP contribution in [0.3, 0.4) is 0 Å². The van der Waals surface area contributed by atoms with Crippen molar-refractivity contribution in [2.24, 2.45) is 0 Å². The zero-order chi connectivity index (χ0) is 86.2. The third kappa shape index (κ3) is 25.1. The molecular formula is C99H181N13O7. The number of amides is 2. The van der Waals surface area contributed by atoms with Crippen LogP contribution in [0.2, 0.25) is 0 Å². The van der Waals surface area contributed by atoms with Crippen LogP contribution in [0, 0.1) is 0 Å². The lowest BCUT2D eigenvalue weighted by Gasteiger charge is -2.57. The number of anilines is 3. The Morgan fingerprint density at radius 1 is 0.269 bits per heavy atom. The second-order valence-corrected chi connectivity index (χ2v) is 46.5. The Morgan fingerprint density at radius 3 is 0.639 bits per heavy atom. The molecule has 20 nitrogen and oxygen atoms in total. The maximum atomic E-state index is 14.0. The highest BCUT2D eigenvalue weighted by molar-refractivity contribution is 5.74. The number of hydrogen-bond acceptors (Lipinski definition) is 18. The van der Waals surface area contributed by atoms with Crippen LogP contribution in [0.4, 0.5) is 17.8 Å². The molecule has 20 heteroatoms. The van der Waals surface area contributed by atoms with Crippen LogP contribution >= 0.6 is 0 Å². The van der Waals surface area contributed by atoms with Crippen molar-refractivity contribution in [2.75, 3.05) is 47.4 Å². The summed E-state index contributed by atoms with van der Waals surface area (Å²) in [6.07, 6.45) is 51.6. The fraction of sp³-hybridized carbons (Fsp3) is 0.949. The van der Waals surface area contributed by atoms with Gasteiger partial charge >= 0.3 is 0 Å². The summed E-state index contributed by atoms with van der Waals surface area (Å²) in [5.74, 6) is 2.80. The first-order valence-electron chi connectivity index (χ1n) is 50.0. The van der Waals surface area contributed by atoms with Crippen LogP contribution in [0.1, 0.15) is 455 Å². The number of carbonyl (C=O) groups excluding carboxylic acids is 2. The van der Waals surface area contributed by atoms with Crippen molar-refractivity contribution >= 4 is 29.7 Å². The minimum Gasteiger partial charge on any atom is -0.340 e. The standard InChI is InChI=1S/C99H181N13O7/c1-24-25-60-105(79-69-94(12,13)110(95(14,15)70-79)117-84-54-40-33-41-55-84)87-100-88(106(80-71-96(16,17)111(97(18,19)72-80)118-85-56-42-34-43-57-85)63-48-28-26-27-46-61-103(75(2)113)77-65-90(4,5)108(91(6,7)66-77)115-82-50-36-31-37-51-82)102-89(101-87)107(81-73-98(20,21)112(99(22,23)74-81)119-86-58-44-35-45-59-86)64-49-30-29-47-62-104(76(3)114)78-67-92(8,9)109(93(10,11)68-78)116-83-52-38-32-39-53-83/h77-86H,24-74H2,1-23H3. The Labute approximate surface area is 727 Å². The normalized spacial score (nSPS) is 26.4. The molecule has 10 aliphatic rings. The smallest absolute Gasteiger partial charge is 0.232 e. The summed E-state index contributed by atoms with van der Waals surface area (Å²) in [6.45, 7) is 58.0. The summed E-state index contributed by atoms with van der Waals surface area (Å²) in [7, 11) is 0. The first-order chi connectivity index (χ1) is 56.0. The van der Waals surface area contributed by atoms with Crippen molar-refractivity contribution in [3.63, 3.8) is 0 Å². The highest BCUT2D eigenvalue weighted by atomic mass is 16.7. The molecular weight excluding hydrogens is 1480 g/mol. The Bertz CT molecular complexity index is 3200. The Morgan fingerprint density at radius 2 is 0.445 bits per heavy atom. The van der Waals surface area contributed by atoms with Crippen LogP contribution in [0.5, 0.6) is 0 Å². The molecule has 0 aromatic carbocycles. The molecule has 5 aliphatic heterocycles. The molecule has 5 saturated heterocycles. The molecule has 119 heavy (non-hydrogen) atoms. The molecule has 2 amide bonds. The summed E-state index contributed by atoms with van der Waals surface area (Å²) >= 11 is 0. The molecule has 10 fully saturated rings. The average Bonchev–Trinajstić information content (AvgIpc) is 0.743. The maximum absolute atomic E-state index is 14.0. The predicted molar refractivity (Wildman–Crippen MR) is 488 cm³/mol. The number of aromatic nitrogens is 3. The predicted octanol–water partition coefficient (Wildman–Crippen LogP) is 22.7. The second kappa shape index (κ2) is 40.9. The first kappa shape index (κ1) is 96.6. The molecule has 1 aromatic rings. The van der Waals surface area contributed by atoms with Crippen LogP contribution in [0.15, 0.2) is 0 Å². The summed E-state index contributed by atoms with van der Waals surface area (Å²) < 4.78 is 0. The van der Waals surface area contributed by atoms with Crippen LogP contribution in [0.25, 0.3) is 0 Å². The van der Waals surface area contributed by atoms with Gasteiger partial charge in [-0.15, -0.1) is 0 Å². The third-order valence-electron chi connectivity index (χ3n) is 30.4. The molecule has 1 aromatic heterocycles. The molecule has 684 valence electrons. The van der Waals surface area contributed by atoms with E-state index in [0.717, 1.165) is 250 Å². The summed E-state index contributed by atoms with van der Waals surface area (Å²) in [5, 5.41) is 12.0. The minimum atomic E-state index is -0.299. The van der Waals surface area contributed by atoms with Gasteiger partial charge in [0.25, 0.3) is 0 Å². The molecule has 6 heterocycles. The van der Waals surface area contributed by atoms with Gasteiger partial charge in [0.2, 0.25) is 29.7 Å². The molecule has 0 radical (unpaired) electrons. The van der Waals surface area contributed by atoms with Gasteiger partial charge in [-0.2, -0.15) is 40.3 Å². The Balaban J connectivity index is 0.929. The molecule has 0 atom stereocenters. The highest BCUT2D eigenvalue weighted by Gasteiger charge is 2.56. The fourth-order valence-electron chi connectivity index (χ4n) is 25.8. The summed E-state index contributed by atoms with van der Waals surface area (Å²) in [4.78, 5) is 94.7. The van der Waals surface area contributed by atoms with Crippen LogP contribution in [-0.4, -0.2) is 211 Å². The Hall–Kier alpha value is -3.05. The molecule has 0 bridgehead atoms. The van der Waals surface area contributed by atoms with Gasteiger partial charge in [-0.05, 0) is 299 Å². The van der Waals surface area contributed by atoms with Crippen LogP contribution in [-0.2, 0) is 33.8 Å². The van der Waals surface area contributed by atoms with E-state index in [9.17, 15) is 9.59 Å². The Kier molecular flexibility index (Phi) is 33.2. The van der Waals surface area contributed by atoms with E-state index >= 15 is 0 Å². The second-order valence-electron chi connectivity index (χ2n) is 46.5. The SMILES string of the molecule is CCCCN(c1nc(N(CCCCCCCN(C(C)=O)C2CC(C)(C)N(OC3CCCCC3)C(C)(C)C2)C2CC(C)(C)N(OC3CCCCC3)C(C)(C)C2)nc(N(CCCCCCN(C(C)=O)C2CC(C)(C)N(OC3CCCCC3)C(C)(C)C2)C2CC(C)(C)N(OC3CCCCC3)C(C)(C)C2)n1)C1CC(C)(C)N(OC2CCCCC2)C(C)(C)C1. The van der Waals surface area contributed by atoms with Crippen molar-refractivity contribution in [3.8, 4) is 0 Å². The zero-order valence-electron chi connectivity index (χ0n) is 81.0. The van der Waals surface area contributed by atoms with Crippen molar-refractivity contribution in [1.82, 2.24) is 50.1 Å². The van der Waals surface area contributed by atoms with Gasteiger partial charge < -0.3 is 24.5 Å².